The predicted octanol–water partition coefficient (Wildman–Crippen LogP) is 4.12. The average molecular weight is 462 g/mol. The average Bonchev–Trinajstić information content (AvgIpc) is 2.41. The molecule has 0 saturated heterocycles. The molecule has 0 unspecified atom stereocenters. The molecular weight excluding hydrogens is 452 g/mol. The number of hydrogen-bond acceptors (Lipinski definition) is 2. The second-order valence-electron chi connectivity index (χ2n) is 4.66. The van der Waals surface area contributed by atoms with Gasteiger partial charge in [0.1, 0.15) is 11.6 Å². The predicted molar refractivity (Wildman–Crippen MR) is 89.9 cm³/mol. The number of carbonyl (C=O) groups is 1. The molecule has 21 heavy (non-hydrogen) atoms. The van der Waals surface area contributed by atoms with Crippen molar-refractivity contribution in [2.45, 2.75) is 6.54 Å². The SMILES string of the molecule is O=C1COc2ccc(I)cc2N1Cc1cc(F)cc(Br)c1. The third kappa shape index (κ3) is 3.21. The number of rotatable bonds is 2. The number of benzene rings is 2. The van der Waals surface area contributed by atoms with Gasteiger partial charge in [-0.1, -0.05) is 15.9 Å². The number of amides is 1. The van der Waals surface area contributed by atoms with Crippen molar-refractivity contribution >= 4 is 50.1 Å². The summed E-state index contributed by atoms with van der Waals surface area (Å²) in [7, 11) is 0. The van der Waals surface area contributed by atoms with Crippen LogP contribution in [0.4, 0.5) is 10.1 Å². The van der Waals surface area contributed by atoms with Crippen LogP contribution in [0, 0.1) is 9.39 Å². The fourth-order valence-corrected chi connectivity index (χ4v) is 3.22. The van der Waals surface area contributed by atoms with E-state index in [0.29, 0.717) is 16.8 Å². The first kappa shape index (κ1) is 14.8. The monoisotopic (exact) mass is 461 g/mol. The summed E-state index contributed by atoms with van der Waals surface area (Å²) in [5.41, 5.74) is 1.44. The number of halogens is 3. The lowest BCUT2D eigenvalue weighted by atomic mass is 10.1. The van der Waals surface area contributed by atoms with Crippen LogP contribution in [0.3, 0.4) is 0 Å². The van der Waals surface area contributed by atoms with Gasteiger partial charge in [-0.2, -0.15) is 0 Å². The lowest BCUT2D eigenvalue weighted by molar-refractivity contribution is -0.121. The summed E-state index contributed by atoms with van der Waals surface area (Å²) in [6.45, 7) is 0.315. The lowest BCUT2D eigenvalue weighted by Gasteiger charge is -2.29. The molecule has 0 spiro atoms. The number of carbonyl (C=O) groups excluding carboxylic acids is 1. The molecule has 2 aromatic carbocycles. The van der Waals surface area contributed by atoms with E-state index in [1.165, 1.54) is 12.1 Å². The highest BCUT2D eigenvalue weighted by Crippen LogP contribution is 2.34. The van der Waals surface area contributed by atoms with E-state index >= 15 is 0 Å². The largest absolute Gasteiger partial charge is 0.482 e. The molecule has 2 aromatic rings. The fraction of sp³-hybridized carbons (Fsp3) is 0.133. The van der Waals surface area contributed by atoms with Crippen LogP contribution < -0.4 is 9.64 Å². The first-order valence-corrected chi connectivity index (χ1v) is 8.08. The van der Waals surface area contributed by atoms with Crippen LogP contribution in [0.15, 0.2) is 40.9 Å². The molecule has 0 saturated carbocycles. The molecule has 0 aromatic heterocycles. The van der Waals surface area contributed by atoms with Crippen LogP contribution in [-0.2, 0) is 11.3 Å². The third-order valence-corrected chi connectivity index (χ3v) is 4.26. The number of hydrogen-bond donors (Lipinski definition) is 0. The van der Waals surface area contributed by atoms with Crippen molar-refractivity contribution in [1.29, 1.82) is 0 Å². The van der Waals surface area contributed by atoms with E-state index in [0.717, 1.165) is 14.8 Å². The van der Waals surface area contributed by atoms with Crippen LogP contribution in [0.2, 0.25) is 0 Å². The highest BCUT2D eigenvalue weighted by molar-refractivity contribution is 14.1. The minimum Gasteiger partial charge on any atom is -0.482 e. The molecule has 0 N–H and O–H groups in total. The van der Waals surface area contributed by atoms with Crippen LogP contribution in [0.1, 0.15) is 5.56 Å². The molecule has 0 bridgehead atoms. The minimum atomic E-state index is -0.331. The highest BCUT2D eigenvalue weighted by atomic mass is 127. The Kier molecular flexibility index (Phi) is 4.17. The Balaban J connectivity index is 1.98. The van der Waals surface area contributed by atoms with Gasteiger partial charge in [0.15, 0.2) is 6.61 Å². The van der Waals surface area contributed by atoms with Gasteiger partial charge in [-0.15, -0.1) is 0 Å². The Morgan fingerprint density at radius 2 is 2.10 bits per heavy atom. The molecule has 6 heteroatoms. The maximum absolute atomic E-state index is 13.5. The summed E-state index contributed by atoms with van der Waals surface area (Å²) >= 11 is 5.45. The van der Waals surface area contributed by atoms with Gasteiger partial charge in [-0.25, -0.2) is 4.39 Å². The number of anilines is 1. The number of fused-ring (bicyclic) bond motifs is 1. The summed E-state index contributed by atoms with van der Waals surface area (Å²) in [5.74, 6) is 0.207. The summed E-state index contributed by atoms with van der Waals surface area (Å²) in [5, 5.41) is 0. The Bertz CT molecular complexity index is 703. The standard InChI is InChI=1S/C15H10BrFINO2/c16-10-3-9(4-11(17)5-10)7-19-13-6-12(18)1-2-14(13)21-8-15(19)20/h1-6H,7-8H2. The summed E-state index contributed by atoms with van der Waals surface area (Å²) < 4.78 is 20.6. The summed E-state index contributed by atoms with van der Waals surface area (Å²) in [4.78, 5) is 13.8. The normalized spacial score (nSPS) is 13.9. The zero-order valence-electron chi connectivity index (χ0n) is 10.8. The van der Waals surface area contributed by atoms with E-state index < -0.39 is 0 Å². The van der Waals surface area contributed by atoms with Gasteiger partial charge in [0.2, 0.25) is 0 Å². The zero-order valence-corrected chi connectivity index (χ0v) is 14.5. The topological polar surface area (TPSA) is 29.5 Å². The van der Waals surface area contributed by atoms with Crippen LogP contribution in [0.25, 0.3) is 0 Å². The molecule has 1 heterocycles. The summed E-state index contributed by atoms with van der Waals surface area (Å²) in [6.07, 6.45) is 0. The third-order valence-electron chi connectivity index (χ3n) is 3.13. The molecule has 1 aliphatic heterocycles. The van der Waals surface area contributed by atoms with Gasteiger partial charge >= 0.3 is 0 Å². The second kappa shape index (κ2) is 5.92. The van der Waals surface area contributed by atoms with Gasteiger partial charge in [-0.3, -0.25) is 4.79 Å². The Morgan fingerprint density at radius 3 is 2.86 bits per heavy atom. The van der Waals surface area contributed by atoms with E-state index in [-0.39, 0.29) is 18.3 Å². The van der Waals surface area contributed by atoms with Crippen molar-refractivity contribution in [3.8, 4) is 5.75 Å². The fourth-order valence-electron chi connectivity index (χ4n) is 2.23. The minimum absolute atomic E-state index is 0.00405. The van der Waals surface area contributed by atoms with Crippen molar-refractivity contribution in [2.24, 2.45) is 0 Å². The van der Waals surface area contributed by atoms with E-state index in [1.807, 2.05) is 18.2 Å². The van der Waals surface area contributed by atoms with Crippen molar-refractivity contribution in [2.75, 3.05) is 11.5 Å². The zero-order chi connectivity index (χ0) is 15.0. The quantitative estimate of drug-likeness (QED) is 0.629. The van der Waals surface area contributed by atoms with Gasteiger partial charge < -0.3 is 9.64 Å². The highest BCUT2D eigenvalue weighted by Gasteiger charge is 2.26. The number of ether oxygens (including phenoxy) is 1. The van der Waals surface area contributed by atoms with Crippen LogP contribution in [-0.4, -0.2) is 12.5 Å². The molecule has 0 atom stereocenters. The van der Waals surface area contributed by atoms with Crippen molar-refractivity contribution in [1.82, 2.24) is 0 Å². The molecule has 1 aliphatic rings. The van der Waals surface area contributed by atoms with E-state index in [4.69, 9.17) is 4.74 Å². The lowest BCUT2D eigenvalue weighted by Crippen LogP contribution is -2.38. The molecule has 1 amide bonds. The Hall–Kier alpha value is -1.15. The molecule has 0 radical (unpaired) electrons. The second-order valence-corrected chi connectivity index (χ2v) is 6.82. The molecule has 0 aliphatic carbocycles. The first-order chi connectivity index (χ1) is 10.0. The molecule has 3 nitrogen and oxygen atoms in total. The van der Waals surface area contributed by atoms with Gasteiger partial charge in [-0.05, 0) is 64.6 Å². The number of nitrogens with zero attached hydrogens (tertiary/aromatic N) is 1. The molecule has 108 valence electrons. The van der Waals surface area contributed by atoms with Crippen LogP contribution >= 0.6 is 38.5 Å². The molecular formula is C15H10BrFINO2. The maximum atomic E-state index is 13.5. The van der Waals surface area contributed by atoms with Crippen molar-refractivity contribution < 1.29 is 13.9 Å². The van der Waals surface area contributed by atoms with E-state index in [2.05, 4.69) is 38.5 Å². The Labute approximate surface area is 143 Å². The van der Waals surface area contributed by atoms with Gasteiger partial charge in [0, 0.05) is 8.04 Å². The summed E-state index contributed by atoms with van der Waals surface area (Å²) in [6, 6.07) is 10.3. The van der Waals surface area contributed by atoms with E-state index in [9.17, 15) is 9.18 Å². The molecule has 0 fully saturated rings. The van der Waals surface area contributed by atoms with Crippen molar-refractivity contribution in [3.63, 3.8) is 0 Å². The maximum Gasteiger partial charge on any atom is 0.265 e. The first-order valence-electron chi connectivity index (χ1n) is 6.20. The van der Waals surface area contributed by atoms with Crippen molar-refractivity contribution in [3.05, 3.63) is 55.8 Å². The van der Waals surface area contributed by atoms with Gasteiger partial charge in [0.05, 0.1) is 12.2 Å². The Morgan fingerprint density at radius 1 is 1.29 bits per heavy atom. The smallest absolute Gasteiger partial charge is 0.265 e. The van der Waals surface area contributed by atoms with Crippen LogP contribution in [0.5, 0.6) is 5.75 Å². The molecule has 3 rings (SSSR count). The van der Waals surface area contributed by atoms with Gasteiger partial charge in [0.25, 0.3) is 5.91 Å². The van der Waals surface area contributed by atoms with E-state index in [1.54, 1.807) is 11.0 Å².